The topological polar surface area (TPSA) is 74.7 Å². The molecule has 0 aliphatic rings. The molecule has 0 spiro atoms. The largest absolute Gasteiger partial charge is 0.480 e. The first-order valence-electron chi connectivity index (χ1n) is 6.53. The van der Waals surface area contributed by atoms with E-state index >= 15 is 0 Å². The highest BCUT2D eigenvalue weighted by molar-refractivity contribution is 7.93. The summed E-state index contributed by atoms with van der Waals surface area (Å²) in [6.07, 6.45) is 0. The van der Waals surface area contributed by atoms with Gasteiger partial charge in [-0.05, 0) is 31.2 Å². The van der Waals surface area contributed by atoms with Crippen LogP contribution in [0.15, 0.2) is 53.4 Å². The van der Waals surface area contributed by atoms with Crippen molar-refractivity contribution >= 4 is 44.9 Å². The summed E-state index contributed by atoms with van der Waals surface area (Å²) in [4.78, 5) is 11.4. The maximum Gasteiger partial charge on any atom is 0.327 e. The number of hydrogen-bond acceptors (Lipinski definition) is 3. The molecule has 0 aliphatic carbocycles. The number of rotatable bonds is 5. The van der Waals surface area contributed by atoms with E-state index in [1.807, 2.05) is 0 Å². The van der Waals surface area contributed by atoms with E-state index in [0.29, 0.717) is 0 Å². The second-order valence-corrected chi connectivity index (χ2v) is 7.33. The molecule has 2 aromatic carbocycles. The van der Waals surface area contributed by atoms with Crippen LogP contribution in [-0.2, 0) is 14.8 Å². The summed E-state index contributed by atoms with van der Waals surface area (Å²) in [5.74, 6) is -1.32. The molecule has 1 atom stereocenters. The second-order valence-electron chi connectivity index (χ2n) is 4.70. The first-order chi connectivity index (χ1) is 10.8. The number of nitrogens with zero attached hydrogens (tertiary/aromatic N) is 1. The third-order valence-corrected chi connectivity index (χ3v) is 5.66. The Bertz CT molecular complexity index is 804. The van der Waals surface area contributed by atoms with E-state index in [0.717, 1.165) is 4.31 Å². The number of para-hydroxylation sites is 1. The van der Waals surface area contributed by atoms with Crippen LogP contribution in [0.1, 0.15) is 6.92 Å². The molecule has 122 valence electrons. The minimum atomic E-state index is -4.16. The third-order valence-electron chi connectivity index (χ3n) is 3.17. The van der Waals surface area contributed by atoms with Crippen molar-refractivity contribution in [2.24, 2.45) is 0 Å². The number of anilines is 1. The fourth-order valence-corrected chi connectivity index (χ4v) is 4.38. The van der Waals surface area contributed by atoms with Crippen molar-refractivity contribution in [3.63, 3.8) is 0 Å². The van der Waals surface area contributed by atoms with E-state index in [-0.39, 0.29) is 20.6 Å². The molecule has 0 aliphatic heterocycles. The zero-order chi connectivity index (χ0) is 17.2. The normalized spacial score (nSPS) is 12.7. The minimum Gasteiger partial charge on any atom is -0.480 e. The van der Waals surface area contributed by atoms with Crippen molar-refractivity contribution in [1.82, 2.24) is 0 Å². The van der Waals surface area contributed by atoms with Gasteiger partial charge in [-0.2, -0.15) is 0 Å². The monoisotopic (exact) mass is 373 g/mol. The zero-order valence-electron chi connectivity index (χ0n) is 12.0. The van der Waals surface area contributed by atoms with Gasteiger partial charge in [0.15, 0.2) is 0 Å². The fraction of sp³-hybridized carbons (Fsp3) is 0.133. The summed E-state index contributed by atoms with van der Waals surface area (Å²) in [5.41, 5.74) is -0.0606. The summed E-state index contributed by atoms with van der Waals surface area (Å²) < 4.78 is 26.6. The van der Waals surface area contributed by atoms with E-state index in [4.69, 9.17) is 23.2 Å². The molecular formula is C15H13Cl2NO4S. The third kappa shape index (κ3) is 3.44. The van der Waals surface area contributed by atoms with Crippen molar-refractivity contribution in [1.29, 1.82) is 0 Å². The number of benzene rings is 2. The van der Waals surface area contributed by atoms with Crippen molar-refractivity contribution in [3.05, 3.63) is 58.6 Å². The quantitative estimate of drug-likeness (QED) is 0.867. The summed E-state index contributed by atoms with van der Waals surface area (Å²) >= 11 is 12.2. The number of carboxylic acids is 1. The molecule has 0 heterocycles. The summed E-state index contributed by atoms with van der Waals surface area (Å²) in [6, 6.07) is 10.6. The fourth-order valence-electron chi connectivity index (χ4n) is 2.03. The predicted molar refractivity (Wildman–Crippen MR) is 89.7 cm³/mol. The van der Waals surface area contributed by atoms with E-state index in [2.05, 4.69) is 0 Å². The lowest BCUT2D eigenvalue weighted by Crippen LogP contribution is -2.43. The standard InChI is InChI=1S/C15H13Cl2NO4S/c1-10(15(19)20)18(14-12(16)8-5-9-13(14)17)23(21,22)11-6-3-2-4-7-11/h2-10H,1H3,(H,19,20). The van der Waals surface area contributed by atoms with Gasteiger partial charge in [0.25, 0.3) is 10.0 Å². The minimum absolute atomic E-state index is 0.0464. The number of carbonyl (C=O) groups is 1. The number of hydrogen-bond donors (Lipinski definition) is 1. The highest BCUT2D eigenvalue weighted by Gasteiger charge is 2.35. The van der Waals surface area contributed by atoms with Crippen molar-refractivity contribution in [3.8, 4) is 0 Å². The van der Waals surface area contributed by atoms with Crippen LogP contribution in [0.25, 0.3) is 0 Å². The van der Waals surface area contributed by atoms with Crippen LogP contribution in [0.3, 0.4) is 0 Å². The molecule has 5 nitrogen and oxygen atoms in total. The van der Waals surface area contributed by atoms with Crippen LogP contribution in [0.2, 0.25) is 10.0 Å². The molecule has 0 saturated carbocycles. The molecule has 2 rings (SSSR count). The second kappa shape index (κ2) is 6.78. The molecule has 23 heavy (non-hydrogen) atoms. The van der Waals surface area contributed by atoms with Crippen molar-refractivity contribution in [2.45, 2.75) is 17.9 Å². The Kier molecular flexibility index (Phi) is 5.19. The predicted octanol–water partition coefficient (Wildman–Crippen LogP) is 3.66. The molecule has 0 bridgehead atoms. The van der Waals surface area contributed by atoms with E-state index < -0.39 is 22.0 Å². The van der Waals surface area contributed by atoms with Gasteiger partial charge in [0.1, 0.15) is 6.04 Å². The Morgan fingerprint density at radius 2 is 1.57 bits per heavy atom. The van der Waals surface area contributed by atoms with Crippen LogP contribution in [0, 0.1) is 0 Å². The zero-order valence-corrected chi connectivity index (χ0v) is 14.3. The lowest BCUT2D eigenvalue weighted by molar-refractivity contribution is -0.137. The first-order valence-corrected chi connectivity index (χ1v) is 8.72. The van der Waals surface area contributed by atoms with E-state index in [1.54, 1.807) is 24.3 Å². The highest BCUT2D eigenvalue weighted by atomic mass is 35.5. The van der Waals surface area contributed by atoms with E-state index in [1.165, 1.54) is 31.2 Å². The lowest BCUT2D eigenvalue weighted by atomic mass is 10.2. The summed E-state index contributed by atoms with van der Waals surface area (Å²) in [7, 11) is -4.16. The number of carboxylic acid groups (broad SMARTS) is 1. The van der Waals surface area contributed by atoms with Crippen LogP contribution >= 0.6 is 23.2 Å². The molecule has 0 radical (unpaired) electrons. The molecule has 0 saturated heterocycles. The van der Waals surface area contributed by atoms with E-state index in [9.17, 15) is 18.3 Å². The van der Waals surface area contributed by atoms with Gasteiger partial charge >= 0.3 is 5.97 Å². The number of sulfonamides is 1. The molecule has 1 unspecified atom stereocenters. The Morgan fingerprint density at radius 1 is 1.04 bits per heavy atom. The maximum absolute atomic E-state index is 12.9. The van der Waals surface area contributed by atoms with Crippen molar-refractivity contribution in [2.75, 3.05) is 4.31 Å². The first kappa shape index (κ1) is 17.6. The van der Waals surface area contributed by atoms with Gasteiger partial charge in [-0.1, -0.05) is 47.5 Å². The number of halogens is 2. The Hall–Kier alpha value is -1.76. The van der Waals surface area contributed by atoms with Crippen LogP contribution < -0.4 is 4.31 Å². The van der Waals surface area contributed by atoms with Crippen LogP contribution in [0.5, 0.6) is 0 Å². The molecule has 0 amide bonds. The Balaban J connectivity index is 2.72. The average Bonchev–Trinajstić information content (AvgIpc) is 2.51. The van der Waals surface area contributed by atoms with Gasteiger partial charge < -0.3 is 5.11 Å². The van der Waals surface area contributed by atoms with Gasteiger partial charge in [0, 0.05) is 0 Å². The SMILES string of the molecule is CC(C(=O)O)N(c1c(Cl)cccc1Cl)S(=O)(=O)c1ccccc1. The number of aliphatic carboxylic acids is 1. The van der Waals surface area contributed by atoms with Gasteiger partial charge in [-0.15, -0.1) is 0 Å². The van der Waals surface area contributed by atoms with Crippen molar-refractivity contribution < 1.29 is 18.3 Å². The molecule has 8 heteroatoms. The highest BCUT2D eigenvalue weighted by Crippen LogP contribution is 2.38. The smallest absolute Gasteiger partial charge is 0.327 e. The van der Waals surface area contributed by atoms with Crippen LogP contribution in [0.4, 0.5) is 5.69 Å². The molecular weight excluding hydrogens is 361 g/mol. The summed E-state index contributed by atoms with van der Waals surface area (Å²) in [6.45, 7) is 1.25. The van der Waals surface area contributed by atoms with Gasteiger partial charge in [0.2, 0.25) is 0 Å². The maximum atomic E-state index is 12.9. The lowest BCUT2D eigenvalue weighted by Gasteiger charge is -2.29. The van der Waals surface area contributed by atoms with Gasteiger partial charge in [-0.25, -0.2) is 17.5 Å². The van der Waals surface area contributed by atoms with Gasteiger partial charge in [0.05, 0.1) is 20.6 Å². The molecule has 1 N–H and O–H groups in total. The van der Waals surface area contributed by atoms with Gasteiger partial charge in [-0.3, -0.25) is 0 Å². The molecule has 0 aromatic heterocycles. The summed E-state index contributed by atoms with van der Waals surface area (Å²) in [5, 5.41) is 9.41. The average molecular weight is 374 g/mol. The Morgan fingerprint density at radius 3 is 2.04 bits per heavy atom. The Labute approximate surface area is 144 Å². The molecule has 2 aromatic rings. The molecule has 0 fully saturated rings. The van der Waals surface area contributed by atoms with Crippen LogP contribution in [-0.4, -0.2) is 25.5 Å².